The van der Waals surface area contributed by atoms with Crippen LogP contribution in [0.2, 0.25) is 0 Å². The molecule has 0 saturated carbocycles. The third kappa shape index (κ3) is 4.96. The molecule has 0 spiro atoms. The molecule has 60 valence electrons. The normalized spacial score (nSPS) is 13.0. The van der Waals surface area contributed by atoms with E-state index < -0.39 is 12.0 Å². The second kappa shape index (κ2) is 5.88. The second-order valence-corrected chi connectivity index (χ2v) is 3.98. The van der Waals surface area contributed by atoms with Crippen LogP contribution < -0.4 is 5.73 Å². The Kier molecular flexibility index (Phi) is 5.96. The van der Waals surface area contributed by atoms with Gasteiger partial charge in [-0.15, -0.1) is 11.8 Å². The van der Waals surface area contributed by atoms with E-state index in [0.29, 0.717) is 5.75 Å². The van der Waals surface area contributed by atoms with Crippen molar-refractivity contribution >= 4 is 29.5 Å². The molecule has 0 fully saturated rings. The summed E-state index contributed by atoms with van der Waals surface area (Å²) in [4.78, 5) is 10.1. The average molecular weight is 181 g/mol. The number of carboxylic acid groups (broad SMARTS) is 1. The molecule has 0 aromatic rings. The van der Waals surface area contributed by atoms with Gasteiger partial charge in [-0.2, -0.15) is 11.8 Å². The molecule has 0 radical (unpaired) electrons. The zero-order valence-electron chi connectivity index (χ0n) is 5.74. The molecule has 0 heterocycles. The van der Waals surface area contributed by atoms with Crippen LogP contribution in [0, 0.1) is 0 Å². The summed E-state index contributed by atoms with van der Waals surface area (Å²) in [7, 11) is 0. The first-order valence-corrected chi connectivity index (χ1v) is 5.28. The van der Waals surface area contributed by atoms with Gasteiger partial charge in [-0.05, 0) is 6.26 Å². The van der Waals surface area contributed by atoms with Crippen molar-refractivity contribution in [2.75, 3.05) is 17.1 Å². The van der Waals surface area contributed by atoms with Crippen molar-refractivity contribution in [3.05, 3.63) is 0 Å². The Bertz CT molecular complexity index is 110. The molecular formula is C5H11NO2S2. The van der Waals surface area contributed by atoms with E-state index in [-0.39, 0.29) is 0 Å². The smallest absolute Gasteiger partial charge is 0.321 e. The van der Waals surface area contributed by atoms with Gasteiger partial charge in [0.05, 0.1) is 0 Å². The minimum atomic E-state index is -0.923. The van der Waals surface area contributed by atoms with Crippen molar-refractivity contribution in [1.29, 1.82) is 0 Å². The summed E-state index contributed by atoms with van der Waals surface area (Å²) in [6, 6.07) is -0.711. The van der Waals surface area contributed by atoms with Crippen molar-refractivity contribution in [2.24, 2.45) is 5.73 Å². The standard InChI is InChI=1S/C5H11NO2S2/c1-9-3-10-2-4(6)5(7)8/h4H,2-3,6H2,1H3,(H,7,8). The summed E-state index contributed by atoms with van der Waals surface area (Å²) >= 11 is 3.22. The van der Waals surface area contributed by atoms with Crippen LogP contribution >= 0.6 is 23.5 Å². The van der Waals surface area contributed by atoms with E-state index in [1.807, 2.05) is 6.26 Å². The van der Waals surface area contributed by atoms with Crippen LogP contribution in [0.4, 0.5) is 0 Å². The molecule has 0 rings (SSSR count). The summed E-state index contributed by atoms with van der Waals surface area (Å²) in [5, 5.41) is 9.24. The molecule has 0 aliphatic carbocycles. The molecule has 0 aliphatic heterocycles. The van der Waals surface area contributed by atoms with Gasteiger partial charge in [0, 0.05) is 10.8 Å². The number of carbonyl (C=O) groups is 1. The number of rotatable bonds is 5. The van der Waals surface area contributed by atoms with Crippen LogP contribution in [0.15, 0.2) is 0 Å². The molecule has 1 unspecified atom stereocenters. The van der Waals surface area contributed by atoms with Gasteiger partial charge in [0.25, 0.3) is 0 Å². The highest BCUT2D eigenvalue weighted by Crippen LogP contribution is 2.08. The van der Waals surface area contributed by atoms with E-state index in [1.54, 1.807) is 23.5 Å². The minimum absolute atomic E-state index is 0.496. The number of nitrogens with two attached hydrogens (primary N) is 1. The fourth-order valence-electron chi connectivity index (χ4n) is 0.330. The first kappa shape index (κ1) is 10.1. The molecule has 0 amide bonds. The Morgan fingerprint density at radius 2 is 2.40 bits per heavy atom. The second-order valence-electron chi connectivity index (χ2n) is 1.72. The number of hydrogen-bond acceptors (Lipinski definition) is 4. The van der Waals surface area contributed by atoms with Gasteiger partial charge >= 0.3 is 5.97 Å². The third-order valence-corrected chi connectivity index (χ3v) is 3.02. The van der Waals surface area contributed by atoms with Gasteiger partial charge in [-0.3, -0.25) is 4.79 Å². The molecule has 3 nitrogen and oxygen atoms in total. The van der Waals surface area contributed by atoms with Crippen molar-refractivity contribution in [1.82, 2.24) is 0 Å². The number of aliphatic carboxylic acids is 1. The van der Waals surface area contributed by atoms with E-state index in [2.05, 4.69) is 0 Å². The fraction of sp³-hybridized carbons (Fsp3) is 0.800. The van der Waals surface area contributed by atoms with E-state index in [1.165, 1.54) is 0 Å². The lowest BCUT2D eigenvalue weighted by molar-refractivity contribution is -0.137. The van der Waals surface area contributed by atoms with Crippen molar-refractivity contribution in [3.8, 4) is 0 Å². The highest BCUT2D eigenvalue weighted by atomic mass is 32.2. The first-order valence-electron chi connectivity index (χ1n) is 2.73. The molecule has 5 heteroatoms. The van der Waals surface area contributed by atoms with Crippen LogP contribution in [0.25, 0.3) is 0 Å². The Hall–Kier alpha value is 0.130. The Morgan fingerprint density at radius 1 is 1.80 bits per heavy atom. The van der Waals surface area contributed by atoms with Crippen LogP contribution in [-0.2, 0) is 4.79 Å². The predicted octanol–water partition coefficient (Wildman–Crippen LogP) is 0.452. The highest BCUT2D eigenvalue weighted by Gasteiger charge is 2.09. The Balaban J connectivity index is 3.21. The van der Waals surface area contributed by atoms with Gasteiger partial charge in [0.2, 0.25) is 0 Å². The molecule has 0 aromatic carbocycles. The lowest BCUT2D eigenvalue weighted by Gasteiger charge is -2.03. The summed E-state index contributed by atoms with van der Waals surface area (Å²) in [6.07, 6.45) is 1.97. The highest BCUT2D eigenvalue weighted by molar-refractivity contribution is 8.15. The lowest BCUT2D eigenvalue weighted by atomic mass is 10.4. The van der Waals surface area contributed by atoms with Crippen LogP contribution in [0.3, 0.4) is 0 Å². The molecule has 3 N–H and O–H groups in total. The van der Waals surface area contributed by atoms with Gasteiger partial charge in [-0.25, -0.2) is 0 Å². The van der Waals surface area contributed by atoms with E-state index in [4.69, 9.17) is 10.8 Å². The maximum Gasteiger partial charge on any atom is 0.321 e. The van der Waals surface area contributed by atoms with Gasteiger partial charge < -0.3 is 10.8 Å². The molecule has 0 bridgehead atoms. The van der Waals surface area contributed by atoms with Crippen molar-refractivity contribution in [3.63, 3.8) is 0 Å². The van der Waals surface area contributed by atoms with E-state index in [9.17, 15) is 4.79 Å². The van der Waals surface area contributed by atoms with Crippen LogP contribution in [0.5, 0.6) is 0 Å². The molecule has 0 aromatic heterocycles. The van der Waals surface area contributed by atoms with Crippen LogP contribution in [0.1, 0.15) is 0 Å². The maximum absolute atomic E-state index is 10.1. The quantitative estimate of drug-likeness (QED) is 0.476. The minimum Gasteiger partial charge on any atom is -0.480 e. The van der Waals surface area contributed by atoms with E-state index in [0.717, 1.165) is 5.08 Å². The Morgan fingerprint density at radius 3 is 2.80 bits per heavy atom. The van der Waals surface area contributed by atoms with Gasteiger partial charge in [0.1, 0.15) is 6.04 Å². The molecular weight excluding hydrogens is 170 g/mol. The summed E-state index contributed by atoms with van der Waals surface area (Å²) in [5.74, 6) is -0.426. The summed E-state index contributed by atoms with van der Waals surface area (Å²) in [5.41, 5.74) is 5.23. The van der Waals surface area contributed by atoms with Crippen molar-refractivity contribution in [2.45, 2.75) is 6.04 Å². The predicted molar refractivity (Wildman–Crippen MR) is 46.5 cm³/mol. The Labute approximate surface area is 68.7 Å². The van der Waals surface area contributed by atoms with Gasteiger partial charge in [0.15, 0.2) is 0 Å². The number of thioether (sulfide) groups is 2. The zero-order valence-corrected chi connectivity index (χ0v) is 7.37. The lowest BCUT2D eigenvalue weighted by Crippen LogP contribution is -2.32. The van der Waals surface area contributed by atoms with Gasteiger partial charge in [-0.1, -0.05) is 0 Å². The maximum atomic E-state index is 10.1. The third-order valence-electron chi connectivity index (χ3n) is 0.816. The first-order chi connectivity index (χ1) is 4.68. The number of hydrogen-bond donors (Lipinski definition) is 2. The fourth-order valence-corrected chi connectivity index (χ4v) is 1.78. The molecule has 0 saturated heterocycles. The molecule has 10 heavy (non-hydrogen) atoms. The zero-order chi connectivity index (χ0) is 7.98. The number of carboxylic acids is 1. The average Bonchev–Trinajstić information content (AvgIpc) is 1.88. The topological polar surface area (TPSA) is 63.3 Å². The molecule has 0 aliphatic rings. The largest absolute Gasteiger partial charge is 0.480 e. The summed E-state index contributed by atoms with van der Waals surface area (Å²) < 4.78 is 0. The van der Waals surface area contributed by atoms with E-state index >= 15 is 0 Å². The summed E-state index contributed by atoms with van der Waals surface area (Å²) in [6.45, 7) is 0. The van der Waals surface area contributed by atoms with Crippen molar-refractivity contribution < 1.29 is 9.90 Å². The monoisotopic (exact) mass is 181 g/mol. The van der Waals surface area contributed by atoms with Crippen LogP contribution in [-0.4, -0.2) is 34.2 Å². The SMILES string of the molecule is CSCSCC(N)C(=O)O. The molecule has 1 atom stereocenters.